The lowest BCUT2D eigenvalue weighted by atomic mass is 10.1. The number of hydrogen-bond donors (Lipinski definition) is 0. The van der Waals surface area contributed by atoms with E-state index in [1.807, 2.05) is 58.8 Å². The van der Waals surface area contributed by atoms with Crippen LogP contribution >= 0.6 is 23.1 Å². The van der Waals surface area contributed by atoms with Gasteiger partial charge in [-0.15, -0.1) is 23.1 Å². The first-order valence-corrected chi connectivity index (χ1v) is 14.3. The zero-order valence-electron chi connectivity index (χ0n) is 22.5. The van der Waals surface area contributed by atoms with Crippen molar-refractivity contribution < 1.29 is 23.8 Å². The van der Waals surface area contributed by atoms with E-state index in [2.05, 4.69) is 13.0 Å². The van der Waals surface area contributed by atoms with Crippen LogP contribution in [0.5, 0.6) is 11.5 Å². The van der Waals surface area contributed by atoms with Gasteiger partial charge in [0.25, 0.3) is 0 Å². The number of nitrogens with zero attached hydrogens (tertiary/aromatic N) is 2. The number of hydrogen-bond acceptors (Lipinski definition) is 7. The molecule has 0 atom stereocenters. The Balaban J connectivity index is 1.72. The van der Waals surface area contributed by atoms with Crippen molar-refractivity contribution >= 4 is 34.9 Å². The van der Waals surface area contributed by atoms with Gasteiger partial charge < -0.3 is 24.0 Å². The summed E-state index contributed by atoms with van der Waals surface area (Å²) in [6, 6.07) is 17.6. The first kappa shape index (κ1) is 29.5. The third-order valence-electron chi connectivity index (χ3n) is 6.12. The minimum atomic E-state index is -0.0903. The quantitative estimate of drug-likeness (QED) is 0.248. The Kier molecular flexibility index (Phi) is 12.0. The highest BCUT2D eigenvalue weighted by atomic mass is 32.2. The summed E-state index contributed by atoms with van der Waals surface area (Å²) in [6.07, 6.45) is 0.645. The van der Waals surface area contributed by atoms with Crippen molar-refractivity contribution in [2.45, 2.75) is 24.8 Å². The smallest absolute Gasteiger partial charge is 0.242 e. The molecule has 1 aromatic heterocycles. The first-order valence-electron chi connectivity index (χ1n) is 12.4. The van der Waals surface area contributed by atoms with E-state index in [1.54, 1.807) is 37.6 Å². The highest BCUT2D eigenvalue weighted by molar-refractivity contribution is 8.00. The van der Waals surface area contributed by atoms with Crippen LogP contribution in [0.3, 0.4) is 0 Å². The molecule has 0 unspecified atom stereocenters. The third kappa shape index (κ3) is 8.79. The van der Waals surface area contributed by atoms with Gasteiger partial charge in [-0.1, -0.05) is 24.3 Å². The van der Waals surface area contributed by atoms with E-state index < -0.39 is 0 Å². The van der Waals surface area contributed by atoms with Crippen molar-refractivity contribution in [1.82, 2.24) is 9.80 Å². The minimum absolute atomic E-state index is 0.00784. The molecule has 2 amide bonds. The monoisotopic (exact) mass is 556 g/mol. The molecule has 38 heavy (non-hydrogen) atoms. The molecule has 7 nitrogen and oxygen atoms in total. The van der Waals surface area contributed by atoms with Crippen LogP contribution in [0.15, 0.2) is 64.9 Å². The summed E-state index contributed by atoms with van der Waals surface area (Å²) in [5.74, 6) is 1.41. The lowest BCUT2D eigenvalue weighted by molar-refractivity contribution is -0.140. The number of methoxy groups -OCH3 is 3. The molecular formula is C29H36N2O5S2. The maximum Gasteiger partial charge on any atom is 0.242 e. The van der Waals surface area contributed by atoms with E-state index in [1.165, 1.54) is 11.8 Å². The third-order valence-corrected chi connectivity index (χ3v) is 8.13. The summed E-state index contributed by atoms with van der Waals surface area (Å²) in [7, 11) is 4.81. The Morgan fingerprint density at radius 3 is 2.32 bits per heavy atom. The molecule has 204 valence electrons. The molecular weight excluding hydrogens is 520 g/mol. The summed E-state index contributed by atoms with van der Waals surface area (Å²) in [6.45, 7) is 3.80. The van der Waals surface area contributed by atoms with Crippen LogP contribution in [0.2, 0.25) is 0 Å². The van der Waals surface area contributed by atoms with Crippen molar-refractivity contribution in [3.8, 4) is 11.5 Å². The molecule has 3 rings (SSSR count). The first-order chi connectivity index (χ1) is 18.4. The van der Waals surface area contributed by atoms with Crippen LogP contribution in [0.1, 0.15) is 16.0 Å². The fourth-order valence-corrected chi connectivity index (χ4v) is 5.58. The van der Waals surface area contributed by atoms with Gasteiger partial charge in [0.05, 0.1) is 39.7 Å². The average Bonchev–Trinajstić information content (AvgIpc) is 3.35. The second-order valence-electron chi connectivity index (χ2n) is 8.69. The molecule has 1 heterocycles. The summed E-state index contributed by atoms with van der Waals surface area (Å²) < 4.78 is 16.0. The Labute approximate surface area is 233 Å². The lowest BCUT2D eigenvalue weighted by Gasteiger charge is -2.28. The lowest BCUT2D eigenvalue weighted by Crippen LogP contribution is -2.45. The Morgan fingerprint density at radius 2 is 1.66 bits per heavy atom. The zero-order chi connectivity index (χ0) is 27.3. The zero-order valence-corrected chi connectivity index (χ0v) is 24.1. The van der Waals surface area contributed by atoms with Gasteiger partial charge in [0, 0.05) is 30.0 Å². The van der Waals surface area contributed by atoms with Gasteiger partial charge in [-0.05, 0) is 60.2 Å². The number of rotatable bonds is 15. The van der Waals surface area contributed by atoms with E-state index in [4.69, 9.17) is 14.2 Å². The molecule has 0 bridgehead atoms. The Morgan fingerprint density at radius 1 is 0.895 bits per heavy atom. The number of ether oxygens (including phenoxy) is 3. The highest BCUT2D eigenvalue weighted by Gasteiger charge is 2.22. The fraction of sp³-hybridized carbons (Fsp3) is 0.379. The average molecular weight is 557 g/mol. The largest absolute Gasteiger partial charge is 0.493 e. The van der Waals surface area contributed by atoms with Crippen LogP contribution in [-0.4, -0.2) is 74.9 Å². The maximum atomic E-state index is 13.6. The molecule has 2 aromatic carbocycles. The van der Waals surface area contributed by atoms with Gasteiger partial charge in [-0.25, -0.2) is 0 Å². The molecule has 0 saturated carbocycles. The van der Waals surface area contributed by atoms with E-state index in [9.17, 15) is 9.59 Å². The SMILES string of the molecule is COCCN(CC(=O)N(CCc1ccc(OC)c(OC)c1)Cc1sccc1C)C(=O)CSc1ccccc1. The normalized spacial score (nSPS) is 10.7. The standard InChI is InChI=1S/C29H36N2O5S2/c1-22-13-17-37-27(22)19-30(14-12-23-10-11-25(35-3)26(18-23)36-4)28(32)20-31(15-16-34-2)29(33)21-38-24-8-6-5-7-9-24/h5-11,13,17-18H,12,14-16,19-21H2,1-4H3. The molecule has 0 spiro atoms. The van der Waals surface area contributed by atoms with Crippen LogP contribution in [0.4, 0.5) is 0 Å². The van der Waals surface area contributed by atoms with E-state index in [-0.39, 0.29) is 24.1 Å². The minimum Gasteiger partial charge on any atom is -0.493 e. The van der Waals surface area contributed by atoms with Gasteiger partial charge >= 0.3 is 0 Å². The molecule has 0 aliphatic carbocycles. The van der Waals surface area contributed by atoms with Crippen LogP contribution in [-0.2, 0) is 27.3 Å². The molecule has 0 radical (unpaired) electrons. The summed E-state index contributed by atoms with van der Waals surface area (Å²) in [5, 5.41) is 2.04. The van der Waals surface area contributed by atoms with Crippen LogP contribution in [0, 0.1) is 6.92 Å². The summed E-state index contributed by atoms with van der Waals surface area (Å²) >= 11 is 3.11. The van der Waals surface area contributed by atoms with Gasteiger partial charge in [-0.2, -0.15) is 0 Å². The number of carbonyl (C=O) groups excluding carboxylic acids is 2. The van der Waals surface area contributed by atoms with Gasteiger partial charge in [0.15, 0.2) is 11.5 Å². The molecule has 9 heteroatoms. The maximum absolute atomic E-state index is 13.6. The predicted octanol–water partition coefficient (Wildman–Crippen LogP) is 4.91. The van der Waals surface area contributed by atoms with Crippen LogP contribution in [0.25, 0.3) is 0 Å². The number of thioether (sulfide) groups is 1. The Hall–Kier alpha value is -3.01. The van der Waals surface area contributed by atoms with Crippen molar-refractivity contribution in [3.05, 3.63) is 76.0 Å². The van der Waals surface area contributed by atoms with Crippen molar-refractivity contribution in [2.75, 3.05) is 53.3 Å². The number of aryl methyl sites for hydroxylation is 1. The topological polar surface area (TPSA) is 68.3 Å². The van der Waals surface area contributed by atoms with Gasteiger partial charge in [0.2, 0.25) is 11.8 Å². The fourth-order valence-electron chi connectivity index (χ4n) is 3.84. The molecule has 3 aromatic rings. The molecule has 0 aliphatic heterocycles. The van der Waals surface area contributed by atoms with E-state index in [0.717, 1.165) is 20.9 Å². The van der Waals surface area contributed by atoms with Gasteiger partial charge in [-0.3, -0.25) is 9.59 Å². The van der Waals surface area contributed by atoms with E-state index in [0.29, 0.717) is 44.2 Å². The second kappa shape index (κ2) is 15.4. The highest BCUT2D eigenvalue weighted by Crippen LogP contribution is 2.28. The summed E-state index contributed by atoms with van der Waals surface area (Å²) in [5.41, 5.74) is 2.19. The number of amides is 2. The number of thiophene rings is 1. The molecule has 0 N–H and O–H groups in total. The number of benzene rings is 2. The van der Waals surface area contributed by atoms with E-state index >= 15 is 0 Å². The number of carbonyl (C=O) groups is 2. The van der Waals surface area contributed by atoms with Crippen LogP contribution < -0.4 is 9.47 Å². The Bertz CT molecular complexity index is 1170. The van der Waals surface area contributed by atoms with Crippen molar-refractivity contribution in [3.63, 3.8) is 0 Å². The van der Waals surface area contributed by atoms with Gasteiger partial charge in [0.1, 0.15) is 0 Å². The second-order valence-corrected chi connectivity index (χ2v) is 10.7. The molecule has 0 fully saturated rings. The summed E-state index contributed by atoms with van der Waals surface area (Å²) in [4.78, 5) is 32.3. The van der Waals surface area contributed by atoms with Crippen molar-refractivity contribution in [2.24, 2.45) is 0 Å². The molecule has 0 saturated heterocycles. The molecule has 0 aliphatic rings. The van der Waals surface area contributed by atoms with Crippen molar-refractivity contribution in [1.29, 1.82) is 0 Å². The predicted molar refractivity (Wildman–Crippen MR) is 153 cm³/mol.